The second kappa shape index (κ2) is 8.37. The van der Waals surface area contributed by atoms with Gasteiger partial charge in [0.2, 0.25) is 5.91 Å². The number of esters is 1. The molecule has 1 atom stereocenters. The lowest BCUT2D eigenvalue weighted by Gasteiger charge is -2.36. The third-order valence-corrected chi connectivity index (χ3v) is 5.53. The highest BCUT2D eigenvalue weighted by molar-refractivity contribution is 6.11. The molecule has 0 spiro atoms. The molecule has 0 fully saturated rings. The minimum Gasteiger partial charge on any atom is -0.461 e. The first-order chi connectivity index (χ1) is 14.9. The highest BCUT2D eigenvalue weighted by Crippen LogP contribution is 2.32. The van der Waals surface area contributed by atoms with E-state index < -0.39 is 11.8 Å². The fraction of sp³-hybridized carbons (Fsp3) is 0.304. The zero-order chi connectivity index (χ0) is 22.1. The SMILES string of the molecule is CCOC(=O)c1[nH]c2ccc(F)cc2c1NC(=O)CN1c2ccc(F)cc2CC[C@@H]1C. The van der Waals surface area contributed by atoms with Gasteiger partial charge in [-0.3, -0.25) is 4.79 Å². The molecule has 4 rings (SSSR count). The van der Waals surface area contributed by atoms with Gasteiger partial charge in [-0.15, -0.1) is 0 Å². The number of benzene rings is 2. The van der Waals surface area contributed by atoms with E-state index >= 15 is 0 Å². The quantitative estimate of drug-likeness (QED) is 0.592. The maximum atomic E-state index is 13.9. The van der Waals surface area contributed by atoms with Gasteiger partial charge in [0.25, 0.3) is 0 Å². The van der Waals surface area contributed by atoms with E-state index in [2.05, 4.69) is 10.3 Å². The summed E-state index contributed by atoms with van der Waals surface area (Å²) < 4.78 is 32.5. The van der Waals surface area contributed by atoms with Crippen LogP contribution in [-0.2, 0) is 16.0 Å². The molecule has 2 aromatic carbocycles. The third kappa shape index (κ3) is 4.10. The molecule has 1 aromatic heterocycles. The number of fused-ring (bicyclic) bond motifs is 2. The van der Waals surface area contributed by atoms with Crippen molar-refractivity contribution in [2.45, 2.75) is 32.7 Å². The summed E-state index contributed by atoms with van der Waals surface area (Å²) >= 11 is 0. The lowest BCUT2D eigenvalue weighted by Crippen LogP contribution is -2.42. The van der Waals surface area contributed by atoms with Crippen LogP contribution >= 0.6 is 0 Å². The molecule has 0 bridgehead atoms. The highest BCUT2D eigenvalue weighted by Gasteiger charge is 2.27. The topological polar surface area (TPSA) is 74.4 Å². The van der Waals surface area contributed by atoms with E-state index in [1.807, 2.05) is 11.8 Å². The Morgan fingerprint density at radius 2 is 1.94 bits per heavy atom. The molecule has 0 unspecified atom stereocenters. The van der Waals surface area contributed by atoms with Crippen LogP contribution in [0.15, 0.2) is 36.4 Å². The smallest absolute Gasteiger partial charge is 0.356 e. The molecule has 2 N–H and O–H groups in total. The molecule has 2 heterocycles. The van der Waals surface area contributed by atoms with Gasteiger partial charge in [-0.1, -0.05) is 0 Å². The molecule has 0 saturated heterocycles. The Labute approximate surface area is 178 Å². The monoisotopic (exact) mass is 427 g/mol. The van der Waals surface area contributed by atoms with Gasteiger partial charge in [0.05, 0.1) is 18.8 Å². The van der Waals surface area contributed by atoms with Crippen molar-refractivity contribution in [3.63, 3.8) is 0 Å². The molecule has 8 heteroatoms. The Balaban J connectivity index is 1.64. The van der Waals surface area contributed by atoms with E-state index in [0.29, 0.717) is 10.9 Å². The number of aromatic amines is 1. The number of anilines is 2. The fourth-order valence-electron chi connectivity index (χ4n) is 4.02. The van der Waals surface area contributed by atoms with Crippen molar-refractivity contribution < 1.29 is 23.1 Å². The summed E-state index contributed by atoms with van der Waals surface area (Å²) in [6, 6.07) is 8.65. The van der Waals surface area contributed by atoms with Gasteiger partial charge in [0.15, 0.2) is 0 Å². The van der Waals surface area contributed by atoms with Gasteiger partial charge >= 0.3 is 5.97 Å². The number of rotatable bonds is 5. The number of halogens is 2. The molecule has 31 heavy (non-hydrogen) atoms. The molecule has 1 aliphatic heterocycles. The van der Waals surface area contributed by atoms with Crippen molar-refractivity contribution in [2.24, 2.45) is 0 Å². The van der Waals surface area contributed by atoms with Gasteiger partial charge in [-0.2, -0.15) is 0 Å². The second-order valence-corrected chi connectivity index (χ2v) is 7.62. The fourth-order valence-corrected chi connectivity index (χ4v) is 4.02. The predicted molar refractivity (Wildman–Crippen MR) is 114 cm³/mol. The molecule has 0 aliphatic carbocycles. The second-order valence-electron chi connectivity index (χ2n) is 7.62. The average molecular weight is 427 g/mol. The van der Waals surface area contributed by atoms with Crippen LogP contribution in [-0.4, -0.2) is 36.1 Å². The molecule has 3 aromatic rings. The molecule has 1 aliphatic rings. The van der Waals surface area contributed by atoms with Crippen LogP contribution in [0.25, 0.3) is 10.9 Å². The molecule has 162 valence electrons. The number of aromatic nitrogens is 1. The van der Waals surface area contributed by atoms with Crippen molar-refractivity contribution in [1.29, 1.82) is 0 Å². The van der Waals surface area contributed by atoms with E-state index in [1.54, 1.807) is 13.0 Å². The summed E-state index contributed by atoms with van der Waals surface area (Å²) in [7, 11) is 0. The van der Waals surface area contributed by atoms with Crippen molar-refractivity contribution in [3.8, 4) is 0 Å². The third-order valence-electron chi connectivity index (χ3n) is 5.53. The molecular formula is C23H23F2N3O3. The number of aryl methyl sites for hydroxylation is 1. The first kappa shape index (κ1) is 20.8. The van der Waals surface area contributed by atoms with E-state index in [9.17, 15) is 18.4 Å². The summed E-state index contributed by atoms with van der Waals surface area (Å²) in [6.07, 6.45) is 1.53. The van der Waals surface area contributed by atoms with Gasteiger partial charge < -0.3 is 19.9 Å². The number of hydrogen-bond acceptors (Lipinski definition) is 4. The van der Waals surface area contributed by atoms with Crippen LogP contribution in [0.3, 0.4) is 0 Å². The zero-order valence-electron chi connectivity index (χ0n) is 17.3. The first-order valence-electron chi connectivity index (χ1n) is 10.2. The van der Waals surface area contributed by atoms with Gasteiger partial charge in [-0.05, 0) is 68.7 Å². The molecule has 0 radical (unpaired) electrons. The van der Waals surface area contributed by atoms with Crippen LogP contribution in [0, 0.1) is 11.6 Å². The van der Waals surface area contributed by atoms with Crippen LogP contribution in [0.4, 0.5) is 20.2 Å². The van der Waals surface area contributed by atoms with Crippen molar-refractivity contribution >= 4 is 34.2 Å². The molecule has 6 nitrogen and oxygen atoms in total. The van der Waals surface area contributed by atoms with E-state index in [4.69, 9.17) is 4.74 Å². The van der Waals surface area contributed by atoms with Crippen LogP contribution in [0.5, 0.6) is 0 Å². The van der Waals surface area contributed by atoms with Crippen LogP contribution in [0.2, 0.25) is 0 Å². The van der Waals surface area contributed by atoms with Crippen LogP contribution < -0.4 is 10.2 Å². The number of carbonyl (C=O) groups is 2. The van der Waals surface area contributed by atoms with E-state index in [1.165, 1.54) is 30.3 Å². The number of nitrogens with zero attached hydrogens (tertiary/aromatic N) is 1. The number of nitrogens with one attached hydrogen (secondary N) is 2. The standard InChI is InChI=1S/C23H23F2N3O3/c1-3-31-23(30)22-21(17-11-16(25)6-8-18(17)26-22)27-20(29)12-28-13(2)4-5-14-10-15(24)7-9-19(14)28/h6-11,13,26H,3-5,12H2,1-2H3,(H,27,29)/t13-/m0/s1. The lowest BCUT2D eigenvalue weighted by atomic mass is 9.96. The molecule has 0 saturated carbocycles. The number of amides is 1. The minimum absolute atomic E-state index is 0.00402. The first-order valence-corrected chi connectivity index (χ1v) is 10.2. The molecule has 1 amide bonds. The Morgan fingerprint density at radius 3 is 2.71 bits per heavy atom. The number of ether oxygens (including phenoxy) is 1. The lowest BCUT2D eigenvalue weighted by molar-refractivity contribution is -0.115. The van der Waals surface area contributed by atoms with Gasteiger partial charge in [0, 0.05) is 22.6 Å². The zero-order valence-corrected chi connectivity index (χ0v) is 17.3. The van der Waals surface area contributed by atoms with Gasteiger partial charge in [-0.25, -0.2) is 13.6 Å². The van der Waals surface area contributed by atoms with Crippen LogP contribution in [0.1, 0.15) is 36.3 Å². The normalized spacial score (nSPS) is 15.6. The summed E-state index contributed by atoms with van der Waals surface area (Å²) in [5, 5.41) is 3.14. The van der Waals surface area contributed by atoms with Gasteiger partial charge in [0.1, 0.15) is 17.3 Å². The van der Waals surface area contributed by atoms with Crippen molar-refractivity contribution in [2.75, 3.05) is 23.4 Å². The maximum absolute atomic E-state index is 13.9. The Hall–Kier alpha value is -3.42. The highest BCUT2D eigenvalue weighted by atomic mass is 19.1. The number of H-pyrrole nitrogens is 1. The average Bonchev–Trinajstić information content (AvgIpc) is 3.08. The Kier molecular flexibility index (Phi) is 5.63. The largest absolute Gasteiger partial charge is 0.461 e. The van der Waals surface area contributed by atoms with E-state index in [0.717, 1.165) is 24.1 Å². The van der Waals surface area contributed by atoms with Crippen molar-refractivity contribution in [3.05, 3.63) is 59.3 Å². The number of hydrogen-bond donors (Lipinski definition) is 2. The summed E-state index contributed by atoms with van der Waals surface area (Å²) in [5.41, 5.74) is 2.41. The predicted octanol–water partition coefficient (Wildman–Crippen LogP) is 4.40. The summed E-state index contributed by atoms with van der Waals surface area (Å²) in [4.78, 5) is 30.2. The Bertz CT molecular complexity index is 1160. The van der Waals surface area contributed by atoms with Crippen molar-refractivity contribution in [1.82, 2.24) is 4.98 Å². The Morgan fingerprint density at radius 1 is 1.19 bits per heavy atom. The maximum Gasteiger partial charge on any atom is 0.356 e. The summed E-state index contributed by atoms with van der Waals surface area (Å²) in [6.45, 7) is 3.85. The molecular weight excluding hydrogens is 404 g/mol. The number of carbonyl (C=O) groups excluding carboxylic acids is 2. The minimum atomic E-state index is -0.637. The van der Waals surface area contributed by atoms with E-state index in [-0.39, 0.29) is 42.3 Å². The summed E-state index contributed by atoms with van der Waals surface area (Å²) in [5.74, 6) is -1.81.